The Hall–Kier alpha value is -1.00. The molecule has 0 saturated heterocycles. The molecule has 0 aromatic carbocycles. The van der Waals surface area contributed by atoms with E-state index in [0.29, 0.717) is 19.8 Å². The van der Waals surface area contributed by atoms with Crippen molar-refractivity contribution in [2.24, 2.45) is 0 Å². The van der Waals surface area contributed by atoms with Gasteiger partial charge >= 0.3 is 0 Å². The van der Waals surface area contributed by atoms with Gasteiger partial charge in [0.2, 0.25) is 0 Å². The smallest absolute Gasteiger partial charge is 0.0701 e. The largest absolute Gasteiger partial charge is 0.382 e. The lowest BCUT2D eigenvalue weighted by molar-refractivity contribution is 0.0751. The predicted octanol–water partition coefficient (Wildman–Crippen LogP) is 1.31. The summed E-state index contributed by atoms with van der Waals surface area (Å²) in [5.74, 6) is 0. The highest BCUT2D eigenvalue weighted by Gasteiger charge is 1.98. The van der Waals surface area contributed by atoms with Crippen molar-refractivity contribution in [3.05, 3.63) is 23.5 Å². The van der Waals surface area contributed by atoms with Gasteiger partial charge in [0.1, 0.15) is 0 Å². The van der Waals surface area contributed by atoms with Gasteiger partial charge in [-0.15, -0.1) is 0 Å². The normalized spacial score (nSPS) is 10.6. The summed E-state index contributed by atoms with van der Waals surface area (Å²) in [6.45, 7) is 6.96. The summed E-state index contributed by atoms with van der Waals surface area (Å²) in [6, 6.07) is 4.18. The van der Waals surface area contributed by atoms with Crippen LogP contribution < -0.4 is 5.43 Å². The summed E-state index contributed by atoms with van der Waals surface area (Å²) >= 11 is 0. The molecule has 4 nitrogen and oxygen atoms in total. The Balaban J connectivity index is 2.15. The maximum absolute atomic E-state index is 5.35. The molecule has 1 aromatic rings. The minimum atomic E-state index is 0.654. The topological polar surface area (TPSA) is 35.4 Å². The molecule has 0 aliphatic rings. The van der Waals surface area contributed by atoms with Crippen molar-refractivity contribution in [3.63, 3.8) is 0 Å². The Kier molecular flexibility index (Phi) is 5.21. The molecule has 1 aromatic heterocycles. The third-order valence-corrected chi connectivity index (χ3v) is 2.22. The fourth-order valence-electron chi connectivity index (χ4n) is 1.39. The van der Waals surface area contributed by atoms with E-state index in [0.717, 1.165) is 6.54 Å². The van der Waals surface area contributed by atoms with E-state index in [1.165, 1.54) is 11.4 Å². The molecule has 0 radical (unpaired) electrons. The second-order valence-corrected chi connectivity index (χ2v) is 3.46. The molecule has 0 aliphatic heterocycles. The van der Waals surface area contributed by atoms with E-state index in [4.69, 9.17) is 9.47 Å². The van der Waals surface area contributed by atoms with E-state index in [9.17, 15) is 0 Å². The minimum absolute atomic E-state index is 0.654. The molecule has 1 N–H and O–H groups in total. The monoisotopic (exact) mass is 212 g/mol. The molecule has 1 rings (SSSR count). The molecule has 86 valence electrons. The van der Waals surface area contributed by atoms with Crippen molar-refractivity contribution in [1.29, 1.82) is 0 Å². The first kappa shape index (κ1) is 12.1. The molecule has 0 saturated carbocycles. The average molecular weight is 212 g/mol. The summed E-state index contributed by atoms with van der Waals surface area (Å²) < 4.78 is 12.3. The summed E-state index contributed by atoms with van der Waals surface area (Å²) in [7, 11) is 1.67. The molecule has 1 heterocycles. The van der Waals surface area contributed by atoms with Crippen LogP contribution in [0.1, 0.15) is 11.4 Å². The molecule has 0 aliphatic carbocycles. The highest BCUT2D eigenvalue weighted by atomic mass is 16.5. The Morgan fingerprint density at radius 2 is 1.80 bits per heavy atom. The van der Waals surface area contributed by atoms with Crippen LogP contribution in [0, 0.1) is 13.8 Å². The van der Waals surface area contributed by atoms with Crippen molar-refractivity contribution >= 4 is 0 Å². The first-order valence-electron chi connectivity index (χ1n) is 5.21. The van der Waals surface area contributed by atoms with Crippen LogP contribution in [0.5, 0.6) is 0 Å². The highest BCUT2D eigenvalue weighted by molar-refractivity contribution is 5.15. The van der Waals surface area contributed by atoms with E-state index in [2.05, 4.69) is 36.1 Å². The lowest BCUT2D eigenvalue weighted by Crippen LogP contribution is -2.22. The van der Waals surface area contributed by atoms with Gasteiger partial charge in [-0.05, 0) is 26.0 Å². The molecule has 0 atom stereocenters. The number of nitrogens with zero attached hydrogens (tertiary/aromatic N) is 1. The summed E-state index contributed by atoms with van der Waals surface area (Å²) in [5, 5.41) is 0. The van der Waals surface area contributed by atoms with Crippen molar-refractivity contribution in [1.82, 2.24) is 4.68 Å². The van der Waals surface area contributed by atoms with Crippen LogP contribution in [-0.2, 0) is 9.47 Å². The molecule has 0 bridgehead atoms. The first-order chi connectivity index (χ1) is 7.25. The second-order valence-electron chi connectivity index (χ2n) is 3.46. The Bertz CT molecular complexity index is 265. The highest BCUT2D eigenvalue weighted by Crippen LogP contribution is 2.03. The number of aromatic nitrogens is 1. The summed E-state index contributed by atoms with van der Waals surface area (Å²) in [5.41, 5.74) is 5.71. The van der Waals surface area contributed by atoms with Gasteiger partial charge in [-0.2, -0.15) is 0 Å². The lowest BCUT2D eigenvalue weighted by atomic mass is 10.5. The molecule has 0 unspecified atom stereocenters. The van der Waals surface area contributed by atoms with Crippen LogP contribution in [-0.4, -0.2) is 38.2 Å². The van der Waals surface area contributed by atoms with E-state index < -0.39 is 0 Å². The zero-order chi connectivity index (χ0) is 11.1. The van der Waals surface area contributed by atoms with Crippen molar-refractivity contribution in [2.75, 3.05) is 38.9 Å². The molecule has 0 amide bonds. The number of nitrogens with one attached hydrogen (secondary N) is 1. The van der Waals surface area contributed by atoms with Gasteiger partial charge in [0.15, 0.2) is 0 Å². The van der Waals surface area contributed by atoms with Crippen LogP contribution in [0.25, 0.3) is 0 Å². The lowest BCUT2D eigenvalue weighted by Gasteiger charge is -2.12. The van der Waals surface area contributed by atoms with E-state index >= 15 is 0 Å². The zero-order valence-corrected chi connectivity index (χ0v) is 9.75. The van der Waals surface area contributed by atoms with Gasteiger partial charge in [0.05, 0.1) is 26.4 Å². The van der Waals surface area contributed by atoms with Gasteiger partial charge in [-0.3, -0.25) is 4.68 Å². The van der Waals surface area contributed by atoms with Gasteiger partial charge in [0, 0.05) is 18.5 Å². The second kappa shape index (κ2) is 6.48. The minimum Gasteiger partial charge on any atom is -0.382 e. The maximum atomic E-state index is 5.35. The number of rotatable bonds is 7. The molecule has 15 heavy (non-hydrogen) atoms. The zero-order valence-electron chi connectivity index (χ0n) is 9.75. The standard InChI is InChI=1S/C11H20N2O2/c1-10-4-5-11(2)13(10)12-6-7-15-9-8-14-3/h4-5,12H,6-9H2,1-3H3. The third-order valence-electron chi connectivity index (χ3n) is 2.22. The van der Waals surface area contributed by atoms with Crippen molar-refractivity contribution in [3.8, 4) is 0 Å². The molecule has 0 spiro atoms. The number of aryl methyl sites for hydroxylation is 2. The summed E-state index contributed by atoms with van der Waals surface area (Å²) in [4.78, 5) is 0. The Morgan fingerprint density at radius 1 is 1.13 bits per heavy atom. The van der Waals surface area contributed by atoms with E-state index in [1.54, 1.807) is 7.11 Å². The third kappa shape index (κ3) is 3.93. The summed E-state index contributed by atoms with van der Waals surface area (Å²) in [6.07, 6.45) is 0. The van der Waals surface area contributed by atoms with Crippen molar-refractivity contribution < 1.29 is 9.47 Å². The van der Waals surface area contributed by atoms with Gasteiger partial charge in [-0.25, -0.2) is 0 Å². The van der Waals surface area contributed by atoms with Crippen LogP contribution in [0.2, 0.25) is 0 Å². The quantitative estimate of drug-likeness (QED) is 0.692. The first-order valence-corrected chi connectivity index (χ1v) is 5.21. The molecule has 0 fully saturated rings. The van der Waals surface area contributed by atoms with Crippen LogP contribution >= 0.6 is 0 Å². The average Bonchev–Trinajstić information content (AvgIpc) is 2.54. The number of ether oxygens (including phenoxy) is 2. The van der Waals surface area contributed by atoms with Crippen molar-refractivity contribution in [2.45, 2.75) is 13.8 Å². The van der Waals surface area contributed by atoms with Crippen LogP contribution in [0.3, 0.4) is 0 Å². The Labute approximate surface area is 91.2 Å². The van der Waals surface area contributed by atoms with Gasteiger partial charge in [-0.1, -0.05) is 0 Å². The number of hydrogen-bond acceptors (Lipinski definition) is 3. The van der Waals surface area contributed by atoms with Crippen LogP contribution in [0.4, 0.5) is 0 Å². The maximum Gasteiger partial charge on any atom is 0.0701 e. The molecular weight excluding hydrogens is 192 g/mol. The fourth-order valence-corrected chi connectivity index (χ4v) is 1.39. The fraction of sp³-hybridized carbons (Fsp3) is 0.636. The molecule has 4 heteroatoms. The number of hydrogen-bond donors (Lipinski definition) is 1. The molecular formula is C11H20N2O2. The number of methoxy groups -OCH3 is 1. The van der Waals surface area contributed by atoms with Gasteiger partial charge in [0.25, 0.3) is 0 Å². The van der Waals surface area contributed by atoms with Gasteiger partial charge < -0.3 is 14.9 Å². The van der Waals surface area contributed by atoms with E-state index in [1.807, 2.05) is 0 Å². The SMILES string of the molecule is COCCOCCNn1c(C)ccc1C. The predicted molar refractivity (Wildman–Crippen MR) is 60.8 cm³/mol. The van der Waals surface area contributed by atoms with Crippen LogP contribution in [0.15, 0.2) is 12.1 Å². The van der Waals surface area contributed by atoms with E-state index in [-0.39, 0.29) is 0 Å². The Morgan fingerprint density at radius 3 is 2.40 bits per heavy atom.